The minimum absolute atomic E-state index is 0.0807. The quantitative estimate of drug-likeness (QED) is 0.416. The summed E-state index contributed by atoms with van der Waals surface area (Å²) >= 11 is 0. The molecular formula is C24H35NO3Si. The minimum Gasteiger partial charge on any atom is -0.468 e. The van der Waals surface area contributed by atoms with E-state index in [9.17, 15) is 4.79 Å². The summed E-state index contributed by atoms with van der Waals surface area (Å²) in [5.41, 5.74) is 2.31. The zero-order chi connectivity index (χ0) is 21.5. The Morgan fingerprint density at radius 3 is 1.76 bits per heavy atom. The maximum Gasteiger partial charge on any atom is 0.325 e. The van der Waals surface area contributed by atoms with E-state index < -0.39 is 14.4 Å². The highest BCUT2D eigenvalue weighted by molar-refractivity contribution is 6.74. The van der Waals surface area contributed by atoms with E-state index in [4.69, 9.17) is 9.16 Å². The van der Waals surface area contributed by atoms with Crippen molar-refractivity contribution < 1.29 is 14.0 Å². The van der Waals surface area contributed by atoms with Gasteiger partial charge in [-0.15, -0.1) is 0 Å². The van der Waals surface area contributed by atoms with Crippen LogP contribution in [0.25, 0.3) is 0 Å². The molecule has 0 aliphatic rings. The molecule has 0 bridgehead atoms. The van der Waals surface area contributed by atoms with Crippen LogP contribution >= 0.6 is 0 Å². The van der Waals surface area contributed by atoms with Gasteiger partial charge in [0.2, 0.25) is 0 Å². The van der Waals surface area contributed by atoms with E-state index in [1.165, 1.54) is 7.11 Å². The summed E-state index contributed by atoms with van der Waals surface area (Å²) in [6.45, 7) is 12.7. The van der Waals surface area contributed by atoms with Crippen LogP contribution in [0.3, 0.4) is 0 Å². The van der Waals surface area contributed by atoms with Crippen LogP contribution in [-0.2, 0) is 27.0 Å². The van der Waals surface area contributed by atoms with Crippen molar-refractivity contribution in [2.45, 2.75) is 58.0 Å². The fourth-order valence-corrected chi connectivity index (χ4v) is 3.88. The van der Waals surface area contributed by atoms with Crippen LogP contribution < -0.4 is 0 Å². The van der Waals surface area contributed by atoms with Crippen LogP contribution in [0.15, 0.2) is 60.7 Å². The van der Waals surface area contributed by atoms with Gasteiger partial charge in [0.05, 0.1) is 13.7 Å². The number of carbonyl (C=O) groups is 1. The summed E-state index contributed by atoms with van der Waals surface area (Å²) in [5.74, 6) is -0.254. The molecule has 0 aliphatic heterocycles. The van der Waals surface area contributed by atoms with E-state index in [1.54, 1.807) is 0 Å². The Morgan fingerprint density at radius 1 is 0.931 bits per heavy atom. The third-order valence-corrected chi connectivity index (χ3v) is 10.3. The van der Waals surface area contributed by atoms with Crippen LogP contribution in [0.4, 0.5) is 0 Å². The van der Waals surface area contributed by atoms with Gasteiger partial charge in [-0.2, -0.15) is 0 Å². The van der Waals surface area contributed by atoms with E-state index in [-0.39, 0.29) is 11.0 Å². The lowest BCUT2D eigenvalue weighted by atomic mass is 10.1. The molecule has 0 spiro atoms. The number of ether oxygens (including phenoxy) is 1. The smallest absolute Gasteiger partial charge is 0.325 e. The standard InChI is InChI=1S/C24H35NO3Si/c1-24(2,3)29(5,6)28-19-22(23(26)27-4)25(17-20-13-9-7-10-14-20)18-21-15-11-8-12-16-21/h7-16,22H,17-19H2,1-6H3/t22-/m0/s1. The lowest BCUT2D eigenvalue weighted by Gasteiger charge is -2.38. The zero-order valence-corrected chi connectivity index (χ0v) is 19.6. The molecule has 2 rings (SSSR count). The molecule has 29 heavy (non-hydrogen) atoms. The fraction of sp³-hybridized carbons (Fsp3) is 0.458. The number of benzene rings is 2. The molecular weight excluding hydrogens is 378 g/mol. The van der Waals surface area contributed by atoms with Gasteiger partial charge in [-0.05, 0) is 29.3 Å². The van der Waals surface area contributed by atoms with Crippen molar-refractivity contribution in [3.05, 3.63) is 71.8 Å². The topological polar surface area (TPSA) is 38.8 Å². The van der Waals surface area contributed by atoms with Crippen LogP contribution in [0.1, 0.15) is 31.9 Å². The van der Waals surface area contributed by atoms with Gasteiger partial charge in [-0.1, -0.05) is 81.4 Å². The largest absolute Gasteiger partial charge is 0.468 e. The Hall–Kier alpha value is -1.95. The molecule has 0 saturated heterocycles. The number of methoxy groups -OCH3 is 1. The van der Waals surface area contributed by atoms with Crippen molar-refractivity contribution >= 4 is 14.3 Å². The second-order valence-electron chi connectivity index (χ2n) is 8.99. The van der Waals surface area contributed by atoms with Crippen LogP contribution in [0, 0.1) is 0 Å². The monoisotopic (exact) mass is 413 g/mol. The second kappa shape index (κ2) is 10.2. The maximum absolute atomic E-state index is 12.8. The molecule has 2 aromatic rings. The van der Waals surface area contributed by atoms with Crippen molar-refractivity contribution in [3.63, 3.8) is 0 Å². The summed E-state index contributed by atoms with van der Waals surface area (Å²) < 4.78 is 11.6. The summed E-state index contributed by atoms with van der Waals surface area (Å²) in [6.07, 6.45) is 0. The minimum atomic E-state index is -1.99. The fourth-order valence-electron chi connectivity index (χ4n) is 2.87. The Kier molecular flexibility index (Phi) is 8.20. The first-order chi connectivity index (χ1) is 13.6. The Morgan fingerprint density at radius 2 is 1.38 bits per heavy atom. The third-order valence-electron chi connectivity index (χ3n) is 5.78. The highest BCUT2D eigenvalue weighted by Gasteiger charge is 2.39. The molecule has 0 heterocycles. The highest BCUT2D eigenvalue weighted by atomic mass is 28.4. The van der Waals surface area contributed by atoms with Crippen molar-refractivity contribution in [1.29, 1.82) is 0 Å². The lowest BCUT2D eigenvalue weighted by molar-refractivity contribution is -0.149. The zero-order valence-electron chi connectivity index (χ0n) is 18.6. The number of rotatable bonds is 9. The van der Waals surface area contributed by atoms with Crippen molar-refractivity contribution in [2.75, 3.05) is 13.7 Å². The molecule has 0 aromatic heterocycles. The predicted octanol–water partition coefficient (Wildman–Crippen LogP) is 5.25. The first-order valence-electron chi connectivity index (χ1n) is 10.2. The summed E-state index contributed by atoms with van der Waals surface area (Å²) in [7, 11) is -0.541. The molecule has 0 unspecified atom stereocenters. The molecule has 0 saturated carbocycles. The molecule has 0 aliphatic carbocycles. The van der Waals surface area contributed by atoms with Gasteiger partial charge >= 0.3 is 5.97 Å². The molecule has 0 radical (unpaired) electrons. The van der Waals surface area contributed by atoms with E-state index in [0.717, 1.165) is 11.1 Å². The molecule has 0 N–H and O–H groups in total. The number of hydrogen-bond donors (Lipinski definition) is 0. The van der Waals surface area contributed by atoms with Gasteiger partial charge in [0.25, 0.3) is 0 Å². The number of nitrogens with zero attached hydrogens (tertiary/aromatic N) is 1. The summed E-state index contributed by atoms with van der Waals surface area (Å²) in [4.78, 5) is 14.9. The second-order valence-corrected chi connectivity index (χ2v) is 13.8. The molecule has 4 nitrogen and oxygen atoms in total. The average molecular weight is 414 g/mol. The average Bonchev–Trinajstić information content (AvgIpc) is 2.68. The first kappa shape index (κ1) is 23.3. The first-order valence-corrected chi connectivity index (χ1v) is 13.1. The van der Waals surface area contributed by atoms with Gasteiger partial charge in [0.15, 0.2) is 8.32 Å². The summed E-state index contributed by atoms with van der Waals surface area (Å²) in [6, 6.07) is 20.0. The van der Waals surface area contributed by atoms with Gasteiger partial charge in [0.1, 0.15) is 6.04 Å². The van der Waals surface area contributed by atoms with E-state index in [0.29, 0.717) is 19.7 Å². The molecule has 158 valence electrons. The van der Waals surface area contributed by atoms with Crippen molar-refractivity contribution in [3.8, 4) is 0 Å². The van der Waals surface area contributed by atoms with Crippen LogP contribution in [0.2, 0.25) is 18.1 Å². The number of esters is 1. The van der Waals surface area contributed by atoms with Gasteiger partial charge in [0, 0.05) is 13.1 Å². The van der Waals surface area contributed by atoms with Gasteiger partial charge in [-0.25, -0.2) is 0 Å². The molecule has 1 atom stereocenters. The Labute approximate surface area is 177 Å². The highest BCUT2D eigenvalue weighted by Crippen LogP contribution is 2.36. The maximum atomic E-state index is 12.8. The molecule has 0 fully saturated rings. The van der Waals surface area contributed by atoms with Gasteiger partial charge < -0.3 is 9.16 Å². The third kappa shape index (κ3) is 6.80. The van der Waals surface area contributed by atoms with E-state index in [1.807, 2.05) is 36.4 Å². The van der Waals surface area contributed by atoms with Crippen molar-refractivity contribution in [1.82, 2.24) is 4.90 Å². The van der Waals surface area contributed by atoms with Gasteiger partial charge in [-0.3, -0.25) is 9.69 Å². The molecule has 5 heteroatoms. The SMILES string of the molecule is COC(=O)[C@H](CO[Si](C)(C)C(C)(C)C)N(Cc1ccccc1)Cc1ccccc1. The van der Waals surface area contributed by atoms with Crippen LogP contribution in [-0.4, -0.2) is 38.9 Å². The summed E-state index contributed by atoms with van der Waals surface area (Å²) in [5, 5.41) is 0.0807. The molecule has 0 amide bonds. The van der Waals surface area contributed by atoms with E-state index >= 15 is 0 Å². The van der Waals surface area contributed by atoms with E-state index in [2.05, 4.69) is 63.0 Å². The van der Waals surface area contributed by atoms with Crippen LogP contribution in [0.5, 0.6) is 0 Å². The lowest BCUT2D eigenvalue weighted by Crippen LogP contribution is -2.49. The normalized spacial score (nSPS) is 13.3. The van der Waals surface area contributed by atoms with Crippen molar-refractivity contribution in [2.24, 2.45) is 0 Å². The Balaban J connectivity index is 2.29. The predicted molar refractivity (Wildman–Crippen MR) is 121 cm³/mol. The Bertz CT molecular complexity index is 715. The molecule has 2 aromatic carbocycles. The number of hydrogen-bond acceptors (Lipinski definition) is 4. The number of carbonyl (C=O) groups excluding carboxylic acids is 1.